The summed E-state index contributed by atoms with van der Waals surface area (Å²) in [6.07, 6.45) is 1.55. The lowest BCUT2D eigenvalue weighted by atomic mass is 10.2. The molecule has 1 amide bonds. The van der Waals surface area contributed by atoms with E-state index < -0.39 is 0 Å². The summed E-state index contributed by atoms with van der Waals surface area (Å²) in [6.45, 7) is 0. The molecule has 0 aliphatic heterocycles. The predicted molar refractivity (Wildman–Crippen MR) is 106 cm³/mol. The number of nitrogens with zero attached hydrogens (tertiary/aromatic N) is 1. The minimum Gasteiger partial charge on any atom is -0.495 e. The number of hydrogen-bond donors (Lipinski definition) is 2. The Morgan fingerprint density at radius 2 is 1.70 bits per heavy atom. The molecule has 0 fully saturated rings. The molecular weight excluding hydrogens is 366 g/mol. The number of carbonyl (C=O) groups excluding carboxylic acids is 1. The van der Waals surface area contributed by atoms with Gasteiger partial charge in [0.25, 0.3) is 5.91 Å². The second-order valence-corrected chi connectivity index (χ2v) is 5.99. The van der Waals surface area contributed by atoms with Crippen molar-refractivity contribution >= 4 is 34.6 Å². The topological polar surface area (TPSA) is 72.5 Å². The summed E-state index contributed by atoms with van der Waals surface area (Å²) < 4.78 is 10.6. The molecule has 2 aromatic carbocycles. The first-order valence-corrected chi connectivity index (χ1v) is 8.49. The van der Waals surface area contributed by atoms with E-state index >= 15 is 0 Å². The number of aromatic nitrogens is 1. The number of benzene rings is 2. The Bertz CT molecular complexity index is 963. The molecule has 1 heterocycles. The van der Waals surface area contributed by atoms with Crippen LogP contribution in [0.1, 0.15) is 10.5 Å². The Kier molecular flexibility index (Phi) is 5.78. The van der Waals surface area contributed by atoms with Crippen molar-refractivity contribution in [3.8, 4) is 11.5 Å². The molecule has 2 N–H and O–H groups in total. The smallest absolute Gasteiger partial charge is 0.274 e. The minimum absolute atomic E-state index is 0.256. The van der Waals surface area contributed by atoms with E-state index in [1.807, 2.05) is 12.1 Å². The van der Waals surface area contributed by atoms with Crippen molar-refractivity contribution in [3.63, 3.8) is 0 Å². The highest BCUT2D eigenvalue weighted by atomic mass is 35.5. The van der Waals surface area contributed by atoms with E-state index in [1.165, 1.54) is 0 Å². The van der Waals surface area contributed by atoms with Gasteiger partial charge in [-0.1, -0.05) is 23.7 Å². The molecule has 0 aliphatic carbocycles. The SMILES string of the molecule is COc1ccccc1NC(=O)c1cc(Nc2cc(Cl)ccc2OC)ccn1. The van der Waals surface area contributed by atoms with Gasteiger partial charge >= 0.3 is 0 Å². The maximum absolute atomic E-state index is 12.6. The van der Waals surface area contributed by atoms with Gasteiger partial charge in [-0.3, -0.25) is 9.78 Å². The predicted octanol–water partition coefficient (Wildman–Crippen LogP) is 4.75. The minimum atomic E-state index is -0.346. The van der Waals surface area contributed by atoms with Crippen molar-refractivity contribution in [1.29, 1.82) is 0 Å². The van der Waals surface area contributed by atoms with E-state index in [0.29, 0.717) is 33.6 Å². The average Bonchev–Trinajstić information content (AvgIpc) is 2.69. The molecule has 0 unspecified atom stereocenters. The standard InChI is InChI=1S/C20H18ClN3O3/c1-26-18-6-4-3-5-15(18)24-20(25)17-12-14(9-10-22-17)23-16-11-13(21)7-8-19(16)27-2/h3-12H,1-2H3,(H,22,23)(H,24,25). The molecule has 0 spiro atoms. The van der Waals surface area contributed by atoms with Crippen LogP contribution >= 0.6 is 11.6 Å². The zero-order chi connectivity index (χ0) is 19.2. The number of pyridine rings is 1. The molecule has 7 heteroatoms. The molecule has 0 saturated heterocycles. The third kappa shape index (κ3) is 4.48. The lowest BCUT2D eigenvalue weighted by Crippen LogP contribution is -2.14. The molecule has 3 rings (SSSR count). The van der Waals surface area contributed by atoms with E-state index in [2.05, 4.69) is 15.6 Å². The van der Waals surface area contributed by atoms with Crippen molar-refractivity contribution in [2.24, 2.45) is 0 Å². The van der Waals surface area contributed by atoms with E-state index in [1.54, 1.807) is 62.9 Å². The second-order valence-electron chi connectivity index (χ2n) is 5.55. The average molecular weight is 384 g/mol. The van der Waals surface area contributed by atoms with Gasteiger partial charge in [-0.25, -0.2) is 0 Å². The summed E-state index contributed by atoms with van der Waals surface area (Å²) in [6, 6.07) is 15.8. The fourth-order valence-electron chi connectivity index (χ4n) is 2.50. The number of amides is 1. The number of halogens is 1. The molecule has 3 aromatic rings. The number of ether oxygens (including phenoxy) is 2. The molecule has 138 valence electrons. The highest BCUT2D eigenvalue weighted by Gasteiger charge is 2.12. The van der Waals surface area contributed by atoms with Crippen LogP contribution in [0.5, 0.6) is 11.5 Å². The molecule has 1 aromatic heterocycles. The van der Waals surface area contributed by atoms with Crippen LogP contribution in [0.4, 0.5) is 17.1 Å². The zero-order valence-corrected chi connectivity index (χ0v) is 15.6. The molecule has 0 bridgehead atoms. The van der Waals surface area contributed by atoms with Crippen molar-refractivity contribution < 1.29 is 14.3 Å². The van der Waals surface area contributed by atoms with E-state index in [0.717, 1.165) is 0 Å². The number of para-hydroxylation sites is 2. The maximum atomic E-state index is 12.6. The second kappa shape index (κ2) is 8.42. The summed E-state index contributed by atoms with van der Waals surface area (Å²) in [4.78, 5) is 16.7. The number of nitrogens with one attached hydrogen (secondary N) is 2. The van der Waals surface area contributed by atoms with Crippen LogP contribution < -0.4 is 20.1 Å². The van der Waals surface area contributed by atoms with Crippen LogP contribution in [-0.4, -0.2) is 25.1 Å². The molecule has 0 atom stereocenters. The summed E-state index contributed by atoms with van der Waals surface area (Å²) in [5.74, 6) is 0.862. The van der Waals surface area contributed by atoms with Gasteiger partial charge < -0.3 is 20.1 Å². The van der Waals surface area contributed by atoms with Crippen LogP contribution in [0, 0.1) is 0 Å². The summed E-state index contributed by atoms with van der Waals surface area (Å²) in [5.41, 5.74) is 2.19. The Morgan fingerprint density at radius 1 is 0.963 bits per heavy atom. The maximum Gasteiger partial charge on any atom is 0.274 e. The van der Waals surface area contributed by atoms with Gasteiger partial charge in [0, 0.05) is 16.9 Å². The molecule has 27 heavy (non-hydrogen) atoms. The monoisotopic (exact) mass is 383 g/mol. The van der Waals surface area contributed by atoms with Crippen molar-refractivity contribution in [3.05, 3.63) is 71.5 Å². The van der Waals surface area contributed by atoms with E-state index in [9.17, 15) is 4.79 Å². The lowest BCUT2D eigenvalue weighted by molar-refractivity contribution is 0.102. The number of carbonyl (C=O) groups is 1. The van der Waals surface area contributed by atoms with Gasteiger partial charge in [-0.05, 0) is 42.5 Å². The molecule has 0 aliphatic rings. The summed E-state index contributed by atoms with van der Waals surface area (Å²) in [5, 5.41) is 6.56. The van der Waals surface area contributed by atoms with Crippen LogP contribution in [-0.2, 0) is 0 Å². The Morgan fingerprint density at radius 3 is 2.48 bits per heavy atom. The zero-order valence-electron chi connectivity index (χ0n) is 14.8. The third-order valence-electron chi connectivity index (χ3n) is 3.79. The van der Waals surface area contributed by atoms with E-state index in [4.69, 9.17) is 21.1 Å². The highest BCUT2D eigenvalue weighted by Crippen LogP contribution is 2.30. The van der Waals surface area contributed by atoms with Gasteiger partial charge in [-0.15, -0.1) is 0 Å². The first-order chi connectivity index (χ1) is 13.1. The number of anilines is 3. The fraction of sp³-hybridized carbons (Fsp3) is 0.100. The number of rotatable bonds is 6. The first-order valence-electron chi connectivity index (χ1n) is 8.11. The van der Waals surface area contributed by atoms with Gasteiger partial charge in [-0.2, -0.15) is 0 Å². The van der Waals surface area contributed by atoms with E-state index in [-0.39, 0.29) is 11.6 Å². The van der Waals surface area contributed by atoms with Crippen molar-refractivity contribution in [2.75, 3.05) is 24.9 Å². The highest BCUT2D eigenvalue weighted by molar-refractivity contribution is 6.31. The third-order valence-corrected chi connectivity index (χ3v) is 4.02. The quantitative estimate of drug-likeness (QED) is 0.642. The largest absolute Gasteiger partial charge is 0.495 e. The normalized spacial score (nSPS) is 10.2. The van der Waals surface area contributed by atoms with Gasteiger partial charge in [0.15, 0.2) is 0 Å². The summed E-state index contributed by atoms with van der Waals surface area (Å²) >= 11 is 6.06. The lowest BCUT2D eigenvalue weighted by Gasteiger charge is -2.13. The Labute approximate surface area is 162 Å². The molecule has 0 saturated carbocycles. The first kappa shape index (κ1) is 18.5. The molecule has 6 nitrogen and oxygen atoms in total. The number of methoxy groups -OCH3 is 2. The summed E-state index contributed by atoms with van der Waals surface area (Å²) in [7, 11) is 3.12. The molecule has 0 radical (unpaired) electrons. The Balaban J connectivity index is 1.81. The van der Waals surface area contributed by atoms with Crippen LogP contribution in [0.25, 0.3) is 0 Å². The van der Waals surface area contributed by atoms with Crippen molar-refractivity contribution in [2.45, 2.75) is 0 Å². The number of hydrogen-bond acceptors (Lipinski definition) is 5. The van der Waals surface area contributed by atoms with Gasteiger partial charge in [0.1, 0.15) is 17.2 Å². The van der Waals surface area contributed by atoms with Crippen LogP contribution in [0.15, 0.2) is 60.8 Å². The fourth-order valence-corrected chi connectivity index (χ4v) is 2.67. The van der Waals surface area contributed by atoms with Gasteiger partial charge in [0.2, 0.25) is 0 Å². The Hall–Kier alpha value is -3.25. The van der Waals surface area contributed by atoms with Crippen molar-refractivity contribution in [1.82, 2.24) is 4.98 Å². The molecular formula is C20H18ClN3O3. The van der Waals surface area contributed by atoms with Gasteiger partial charge in [0.05, 0.1) is 25.6 Å². The van der Waals surface area contributed by atoms with Crippen LogP contribution in [0.2, 0.25) is 5.02 Å². The van der Waals surface area contributed by atoms with Crippen LogP contribution in [0.3, 0.4) is 0 Å².